The Morgan fingerprint density at radius 3 is 2.63 bits per heavy atom. The second-order valence-electron chi connectivity index (χ2n) is 6.49. The van der Waals surface area contributed by atoms with Crippen LogP contribution in [-0.2, 0) is 16.1 Å². The second kappa shape index (κ2) is 8.63. The van der Waals surface area contributed by atoms with Gasteiger partial charge >= 0.3 is 0 Å². The topological polar surface area (TPSA) is 61.4 Å². The van der Waals surface area contributed by atoms with Gasteiger partial charge in [-0.05, 0) is 43.2 Å². The van der Waals surface area contributed by atoms with Crippen molar-refractivity contribution in [1.82, 2.24) is 5.32 Å². The van der Waals surface area contributed by atoms with Gasteiger partial charge in [0.1, 0.15) is 6.04 Å². The third-order valence-electron chi connectivity index (χ3n) is 4.50. The van der Waals surface area contributed by atoms with Gasteiger partial charge in [-0.1, -0.05) is 41.4 Å². The molecule has 0 bridgehead atoms. The van der Waals surface area contributed by atoms with E-state index in [0.29, 0.717) is 35.2 Å². The summed E-state index contributed by atoms with van der Waals surface area (Å²) >= 11 is 12.5. The zero-order valence-corrected chi connectivity index (χ0v) is 16.5. The Kier molecular flexibility index (Phi) is 6.24. The molecule has 1 aliphatic rings. The fourth-order valence-electron chi connectivity index (χ4n) is 3.01. The first-order chi connectivity index (χ1) is 13.0. The maximum Gasteiger partial charge on any atom is 0.242 e. The highest BCUT2D eigenvalue weighted by molar-refractivity contribution is 6.34. The van der Waals surface area contributed by atoms with Gasteiger partial charge in [-0.25, -0.2) is 0 Å². The van der Waals surface area contributed by atoms with E-state index in [0.717, 1.165) is 17.7 Å². The van der Waals surface area contributed by atoms with Gasteiger partial charge in [0.25, 0.3) is 0 Å². The van der Waals surface area contributed by atoms with E-state index in [1.54, 1.807) is 24.0 Å². The Balaban J connectivity index is 1.59. The summed E-state index contributed by atoms with van der Waals surface area (Å²) in [6.07, 6.45) is 1.40. The van der Waals surface area contributed by atoms with Gasteiger partial charge in [0.2, 0.25) is 11.8 Å². The molecule has 7 heteroatoms. The first-order valence-electron chi connectivity index (χ1n) is 8.83. The van der Waals surface area contributed by atoms with Gasteiger partial charge < -0.3 is 15.5 Å². The third-order valence-corrected chi connectivity index (χ3v) is 5.17. The second-order valence-corrected chi connectivity index (χ2v) is 7.30. The average Bonchev–Trinajstić information content (AvgIpc) is 3.06. The number of amides is 2. The molecule has 2 amide bonds. The van der Waals surface area contributed by atoms with Crippen molar-refractivity contribution < 1.29 is 9.59 Å². The van der Waals surface area contributed by atoms with Crippen molar-refractivity contribution in [2.45, 2.75) is 32.4 Å². The molecule has 0 aliphatic carbocycles. The normalized spacial score (nSPS) is 14.9. The summed E-state index contributed by atoms with van der Waals surface area (Å²) in [6, 6.07) is 12.3. The molecular formula is C20H21Cl2N3O2. The summed E-state index contributed by atoms with van der Waals surface area (Å²) in [5, 5.41) is 7.10. The van der Waals surface area contributed by atoms with Gasteiger partial charge in [-0.3, -0.25) is 9.59 Å². The molecule has 1 unspecified atom stereocenters. The monoisotopic (exact) mass is 405 g/mol. The van der Waals surface area contributed by atoms with Crippen molar-refractivity contribution in [2.24, 2.45) is 0 Å². The molecule has 2 aromatic rings. The van der Waals surface area contributed by atoms with E-state index >= 15 is 0 Å². The Morgan fingerprint density at radius 2 is 1.96 bits per heavy atom. The quantitative estimate of drug-likeness (QED) is 0.755. The number of rotatable bonds is 6. The van der Waals surface area contributed by atoms with E-state index in [2.05, 4.69) is 10.6 Å². The molecule has 0 aromatic heterocycles. The molecule has 0 radical (unpaired) electrons. The lowest BCUT2D eigenvalue weighted by Crippen LogP contribution is -2.37. The predicted octanol–water partition coefficient (Wildman–Crippen LogP) is 4.24. The molecule has 0 saturated carbocycles. The van der Waals surface area contributed by atoms with Gasteiger partial charge in [0.05, 0.1) is 10.7 Å². The first kappa shape index (κ1) is 19.5. The smallest absolute Gasteiger partial charge is 0.242 e. The zero-order chi connectivity index (χ0) is 19.4. The fraction of sp³-hybridized carbons (Fsp3) is 0.300. The standard InChI is InChI=1S/C20H21Cl2N3O2/c1-13(20(27)23-12-14-5-2-3-6-16(14)21)24-15-8-9-18(17(22)11-15)25-10-4-7-19(25)26/h2-3,5-6,8-9,11,13,24H,4,7,10,12H2,1H3,(H,23,27). The van der Waals surface area contributed by atoms with Crippen LogP contribution in [0.25, 0.3) is 0 Å². The van der Waals surface area contributed by atoms with Crippen LogP contribution >= 0.6 is 23.2 Å². The maximum absolute atomic E-state index is 12.3. The number of benzene rings is 2. The summed E-state index contributed by atoms with van der Waals surface area (Å²) < 4.78 is 0. The molecular weight excluding hydrogens is 385 g/mol. The van der Waals surface area contributed by atoms with E-state index in [4.69, 9.17) is 23.2 Å². The number of hydrogen-bond donors (Lipinski definition) is 2. The minimum atomic E-state index is -0.456. The summed E-state index contributed by atoms with van der Waals surface area (Å²) in [5.41, 5.74) is 2.29. The molecule has 142 valence electrons. The average molecular weight is 406 g/mol. The maximum atomic E-state index is 12.3. The molecule has 1 atom stereocenters. The minimum Gasteiger partial charge on any atom is -0.374 e. The molecule has 5 nitrogen and oxygen atoms in total. The molecule has 2 aromatic carbocycles. The fourth-order valence-corrected chi connectivity index (χ4v) is 3.50. The van der Waals surface area contributed by atoms with Crippen LogP contribution in [0.1, 0.15) is 25.3 Å². The van der Waals surface area contributed by atoms with Gasteiger partial charge in [0.15, 0.2) is 0 Å². The molecule has 2 N–H and O–H groups in total. The molecule has 3 rings (SSSR count). The van der Waals surface area contributed by atoms with Crippen molar-refractivity contribution in [3.05, 3.63) is 58.1 Å². The Hall–Kier alpha value is -2.24. The first-order valence-corrected chi connectivity index (χ1v) is 9.59. The van der Waals surface area contributed by atoms with Gasteiger partial charge in [-0.2, -0.15) is 0 Å². The SMILES string of the molecule is CC(Nc1ccc(N2CCCC2=O)c(Cl)c1)C(=O)NCc1ccccc1Cl. The predicted molar refractivity (Wildman–Crippen MR) is 109 cm³/mol. The van der Waals surface area contributed by atoms with Crippen molar-refractivity contribution >= 4 is 46.4 Å². The van der Waals surface area contributed by atoms with Gasteiger partial charge in [-0.15, -0.1) is 0 Å². The highest BCUT2D eigenvalue weighted by Crippen LogP contribution is 2.31. The van der Waals surface area contributed by atoms with E-state index in [-0.39, 0.29) is 11.8 Å². The molecule has 1 heterocycles. The highest BCUT2D eigenvalue weighted by atomic mass is 35.5. The number of hydrogen-bond acceptors (Lipinski definition) is 3. The van der Waals surface area contributed by atoms with Crippen LogP contribution in [-0.4, -0.2) is 24.4 Å². The van der Waals surface area contributed by atoms with Crippen LogP contribution in [0, 0.1) is 0 Å². The van der Waals surface area contributed by atoms with Crippen molar-refractivity contribution in [3.8, 4) is 0 Å². The van der Waals surface area contributed by atoms with Gasteiger partial charge in [0, 0.05) is 30.2 Å². The van der Waals surface area contributed by atoms with Crippen LogP contribution in [0.15, 0.2) is 42.5 Å². The third kappa shape index (κ3) is 4.73. The van der Waals surface area contributed by atoms with Crippen molar-refractivity contribution in [2.75, 3.05) is 16.8 Å². The number of anilines is 2. The lowest BCUT2D eigenvalue weighted by molar-refractivity contribution is -0.121. The number of carbonyl (C=O) groups is 2. The van der Waals surface area contributed by atoms with Crippen LogP contribution in [0.2, 0.25) is 10.0 Å². The van der Waals surface area contributed by atoms with Crippen molar-refractivity contribution in [1.29, 1.82) is 0 Å². The molecule has 27 heavy (non-hydrogen) atoms. The lowest BCUT2D eigenvalue weighted by Gasteiger charge is -2.20. The van der Waals surface area contributed by atoms with E-state index < -0.39 is 6.04 Å². The number of nitrogens with one attached hydrogen (secondary N) is 2. The van der Waals surface area contributed by atoms with Crippen LogP contribution in [0.3, 0.4) is 0 Å². The molecule has 0 spiro atoms. The zero-order valence-electron chi connectivity index (χ0n) is 15.0. The Morgan fingerprint density at radius 1 is 1.19 bits per heavy atom. The molecule has 1 saturated heterocycles. The van der Waals surface area contributed by atoms with Crippen molar-refractivity contribution in [3.63, 3.8) is 0 Å². The van der Waals surface area contributed by atoms with E-state index in [1.807, 2.05) is 30.3 Å². The number of halogens is 2. The van der Waals surface area contributed by atoms with Crippen LogP contribution in [0.4, 0.5) is 11.4 Å². The summed E-state index contributed by atoms with van der Waals surface area (Å²) in [5.74, 6) is -0.0604. The van der Waals surface area contributed by atoms with E-state index in [1.165, 1.54) is 0 Å². The summed E-state index contributed by atoms with van der Waals surface area (Å²) in [6.45, 7) is 2.82. The van der Waals surface area contributed by atoms with E-state index in [9.17, 15) is 9.59 Å². The Labute approximate surface area is 168 Å². The summed E-state index contributed by atoms with van der Waals surface area (Å²) in [7, 11) is 0. The largest absolute Gasteiger partial charge is 0.374 e. The number of nitrogens with zero attached hydrogens (tertiary/aromatic N) is 1. The minimum absolute atomic E-state index is 0.0879. The lowest BCUT2D eigenvalue weighted by atomic mass is 10.2. The molecule has 1 aliphatic heterocycles. The van der Waals surface area contributed by atoms with Crippen LogP contribution < -0.4 is 15.5 Å². The summed E-state index contributed by atoms with van der Waals surface area (Å²) in [4.78, 5) is 25.9. The highest BCUT2D eigenvalue weighted by Gasteiger charge is 2.23. The Bertz CT molecular complexity index is 857. The molecule has 1 fully saturated rings. The number of carbonyl (C=O) groups excluding carboxylic acids is 2. The van der Waals surface area contributed by atoms with Crippen LogP contribution in [0.5, 0.6) is 0 Å².